The fourth-order valence-corrected chi connectivity index (χ4v) is 2.23. The molecule has 3 amide bonds. The average molecular weight is 362 g/mol. The zero-order valence-corrected chi connectivity index (χ0v) is 15.2. The van der Waals surface area contributed by atoms with Gasteiger partial charge in [-0.15, -0.1) is 0 Å². The summed E-state index contributed by atoms with van der Waals surface area (Å²) in [7, 11) is 2.95. The zero-order chi connectivity index (χ0) is 19.7. The maximum absolute atomic E-state index is 12.0. The topological polar surface area (TPSA) is 122 Å². The van der Waals surface area contributed by atoms with Gasteiger partial charge in [0.05, 0.1) is 6.61 Å². The Morgan fingerprint density at radius 3 is 2.62 bits per heavy atom. The predicted molar refractivity (Wildman–Crippen MR) is 92.9 cm³/mol. The minimum atomic E-state index is -0.943. The molecule has 0 fully saturated rings. The van der Waals surface area contributed by atoms with Gasteiger partial charge in [0.15, 0.2) is 6.61 Å². The van der Waals surface area contributed by atoms with Crippen LogP contribution >= 0.6 is 0 Å². The monoisotopic (exact) mass is 362 g/mol. The highest BCUT2D eigenvalue weighted by molar-refractivity contribution is 6.00. The van der Waals surface area contributed by atoms with Crippen LogP contribution in [0.4, 0.5) is 4.79 Å². The number of urea groups is 1. The molecular formula is C17H22N4O5. The number of aryl methyl sites for hydroxylation is 1. The second kappa shape index (κ2) is 10.0. The van der Waals surface area contributed by atoms with Crippen LogP contribution in [-0.2, 0) is 25.6 Å². The molecule has 1 aromatic rings. The fraction of sp³-hybridized carbons (Fsp3) is 0.412. The number of rotatable bonds is 7. The molecule has 9 heteroatoms. The SMILES string of the molecule is CNC(=O)NC(=O)COC(=O)/C(C#N)=C/c1cc(C)n(CCOC)c1C. The largest absolute Gasteiger partial charge is 0.451 e. The molecule has 26 heavy (non-hydrogen) atoms. The van der Waals surface area contributed by atoms with Crippen molar-refractivity contribution < 1.29 is 23.9 Å². The minimum absolute atomic E-state index is 0.246. The highest BCUT2D eigenvalue weighted by Gasteiger charge is 2.16. The summed E-state index contributed by atoms with van der Waals surface area (Å²) in [5, 5.41) is 13.3. The van der Waals surface area contributed by atoms with E-state index in [2.05, 4.69) is 5.32 Å². The smallest absolute Gasteiger partial charge is 0.349 e. The third kappa shape index (κ3) is 5.75. The van der Waals surface area contributed by atoms with E-state index in [0.717, 1.165) is 11.4 Å². The summed E-state index contributed by atoms with van der Waals surface area (Å²) in [4.78, 5) is 34.4. The molecule has 0 aliphatic rings. The van der Waals surface area contributed by atoms with Gasteiger partial charge >= 0.3 is 12.0 Å². The number of nitriles is 1. The summed E-state index contributed by atoms with van der Waals surface area (Å²) in [6, 6.07) is 2.89. The Morgan fingerprint density at radius 1 is 1.35 bits per heavy atom. The van der Waals surface area contributed by atoms with Crippen molar-refractivity contribution >= 4 is 24.0 Å². The van der Waals surface area contributed by atoms with Crippen molar-refractivity contribution in [2.24, 2.45) is 0 Å². The summed E-state index contributed by atoms with van der Waals surface area (Å²) in [5.74, 6) is -1.74. The Labute approximate surface area is 151 Å². The standard InChI is InChI=1S/C17H22N4O5/c1-11-7-13(12(2)21(11)5-6-25-4)8-14(9-18)16(23)26-10-15(22)20-17(24)19-3/h7-8H,5-6,10H2,1-4H3,(H2,19,20,22,24)/b14-8+. The lowest BCUT2D eigenvalue weighted by Gasteiger charge is -2.08. The number of methoxy groups -OCH3 is 1. The van der Waals surface area contributed by atoms with Crippen LogP contribution in [-0.4, -0.2) is 49.8 Å². The molecule has 1 rings (SSSR count). The number of carbonyl (C=O) groups is 3. The van der Waals surface area contributed by atoms with Gasteiger partial charge in [-0.05, 0) is 31.6 Å². The van der Waals surface area contributed by atoms with Crippen molar-refractivity contribution in [1.82, 2.24) is 15.2 Å². The Balaban J connectivity index is 2.85. The molecular weight excluding hydrogens is 340 g/mol. The van der Waals surface area contributed by atoms with E-state index in [0.29, 0.717) is 18.7 Å². The molecule has 0 spiro atoms. The van der Waals surface area contributed by atoms with E-state index in [4.69, 9.17) is 9.47 Å². The van der Waals surface area contributed by atoms with E-state index in [9.17, 15) is 19.6 Å². The van der Waals surface area contributed by atoms with E-state index < -0.39 is 24.5 Å². The van der Waals surface area contributed by atoms with Gasteiger partial charge in [-0.1, -0.05) is 0 Å². The Morgan fingerprint density at radius 2 is 2.04 bits per heavy atom. The first-order valence-electron chi connectivity index (χ1n) is 7.80. The summed E-state index contributed by atoms with van der Waals surface area (Å²) >= 11 is 0. The molecule has 1 aromatic heterocycles. The molecule has 0 aliphatic heterocycles. The van der Waals surface area contributed by atoms with Gasteiger partial charge in [-0.2, -0.15) is 5.26 Å². The molecule has 140 valence electrons. The van der Waals surface area contributed by atoms with Crippen LogP contribution in [0.25, 0.3) is 6.08 Å². The van der Waals surface area contributed by atoms with Gasteiger partial charge in [-0.3, -0.25) is 10.1 Å². The summed E-state index contributed by atoms with van der Waals surface area (Å²) in [6.45, 7) is 4.29. The number of amides is 3. The number of nitrogens with one attached hydrogen (secondary N) is 2. The third-order valence-electron chi connectivity index (χ3n) is 3.59. The van der Waals surface area contributed by atoms with Crippen LogP contribution < -0.4 is 10.6 Å². The molecule has 0 radical (unpaired) electrons. The lowest BCUT2D eigenvalue weighted by Crippen LogP contribution is -2.39. The fourth-order valence-electron chi connectivity index (χ4n) is 2.23. The van der Waals surface area contributed by atoms with Gasteiger partial charge in [0.25, 0.3) is 5.91 Å². The Kier molecular flexibility index (Phi) is 8.05. The Hall–Kier alpha value is -3.12. The first-order valence-corrected chi connectivity index (χ1v) is 7.80. The molecule has 2 N–H and O–H groups in total. The molecule has 9 nitrogen and oxygen atoms in total. The van der Waals surface area contributed by atoms with Crippen LogP contribution in [0.5, 0.6) is 0 Å². The predicted octanol–water partition coefficient (Wildman–Crippen LogP) is 0.657. The second-order valence-electron chi connectivity index (χ2n) is 5.34. The van der Waals surface area contributed by atoms with E-state index in [-0.39, 0.29) is 5.57 Å². The van der Waals surface area contributed by atoms with E-state index >= 15 is 0 Å². The van der Waals surface area contributed by atoms with Crippen LogP contribution in [0.15, 0.2) is 11.6 Å². The normalized spacial score (nSPS) is 10.8. The van der Waals surface area contributed by atoms with Gasteiger partial charge in [0.1, 0.15) is 11.6 Å². The van der Waals surface area contributed by atoms with Crippen LogP contribution in [0.3, 0.4) is 0 Å². The van der Waals surface area contributed by atoms with Crippen LogP contribution in [0, 0.1) is 25.2 Å². The van der Waals surface area contributed by atoms with Crippen LogP contribution in [0.2, 0.25) is 0 Å². The van der Waals surface area contributed by atoms with Crippen molar-refractivity contribution in [2.45, 2.75) is 20.4 Å². The summed E-state index contributed by atoms with van der Waals surface area (Å²) < 4.78 is 11.8. The van der Waals surface area contributed by atoms with Gasteiger partial charge < -0.3 is 19.4 Å². The van der Waals surface area contributed by atoms with Crippen molar-refractivity contribution in [3.05, 3.63) is 28.6 Å². The van der Waals surface area contributed by atoms with Crippen molar-refractivity contribution in [3.8, 4) is 6.07 Å². The lowest BCUT2D eigenvalue weighted by molar-refractivity contribution is -0.144. The maximum atomic E-state index is 12.0. The molecule has 0 saturated carbocycles. The second-order valence-corrected chi connectivity index (χ2v) is 5.34. The molecule has 0 atom stereocenters. The van der Waals surface area contributed by atoms with Crippen LogP contribution in [0.1, 0.15) is 17.0 Å². The average Bonchev–Trinajstić information content (AvgIpc) is 2.88. The van der Waals surface area contributed by atoms with Crippen molar-refractivity contribution in [3.63, 3.8) is 0 Å². The Bertz CT molecular complexity index is 758. The van der Waals surface area contributed by atoms with E-state index in [1.807, 2.05) is 29.8 Å². The van der Waals surface area contributed by atoms with Crippen molar-refractivity contribution in [2.75, 3.05) is 27.4 Å². The minimum Gasteiger partial charge on any atom is -0.451 e. The number of ether oxygens (including phenoxy) is 2. The van der Waals surface area contributed by atoms with Gasteiger partial charge in [0, 0.05) is 32.1 Å². The molecule has 1 heterocycles. The third-order valence-corrected chi connectivity index (χ3v) is 3.59. The van der Waals surface area contributed by atoms with Gasteiger partial charge in [0.2, 0.25) is 0 Å². The van der Waals surface area contributed by atoms with Crippen molar-refractivity contribution in [1.29, 1.82) is 5.26 Å². The number of aromatic nitrogens is 1. The highest BCUT2D eigenvalue weighted by atomic mass is 16.5. The number of hydrogen-bond donors (Lipinski definition) is 2. The molecule has 0 bridgehead atoms. The molecule has 0 unspecified atom stereocenters. The molecule has 0 aliphatic carbocycles. The quantitative estimate of drug-likeness (QED) is 0.417. The first-order chi connectivity index (χ1) is 12.3. The summed E-state index contributed by atoms with van der Waals surface area (Å²) in [6.07, 6.45) is 1.41. The summed E-state index contributed by atoms with van der Waals surface area (Å²) in [5.41, 5.74) is 2.28. The van der Waals surface area contributed by atoms with E-state index in [1.165, 1.54) is 13.1 Å². The first kappa shape index (κ1) is 20.9. The number of nitrogens with zero attached hydrogens (tertiary/aromatic N) is 2. The van der Waals surface area contributed by atoms with E-state index in [1.54, 1.807) is 13.2 Å². The molecule has 0 aromatic carbocycles. The zero-order valence-electron chi connectivity index (χ0n) is 15.2. The highest BCUT2D eigenvalue weighted by Crippen LogP contribution is 2.18. The number of esters is 1. The van der Waals surface area contributed by atoms with Gasteiger partial charge in [-0.25, -0.2) is 9.59 Å². The lowest BCUT2D eigenvalue weighted by atomic mass is 10.1. The maximum Gasteiger partial charge on any atom is 0.349 e. The number of imide groups is 1. The number of carbonyl (C=O) groups excluding carboxylic acids is 3. The number of hydrogen-bond acceptors (Lipinski definition) is 6. The molecule has 0 saturated heterocycles.